The number of rotatable bonds is 4. The molecule has 2 aliphatic rings. The lowest BCUT2D eigenvalue weighted by Gasteiger charge is -2.30. The standard InChI is InChI=1S/C18H17N3O5S2/c22-16(19-12-5-6-13-14(9-12)18(24)20-17(13)23)11-3-1-7-21(10-11)28(25,26)15-4-2-8-27-15/h2,4-6,8-9,11H,1,3,7,10H2,(H,19,22)(H,20,23,24). The van der Waals surface area contributed by atoms with E-state index in [1.807, 2.05) is 0 Å². The van der Waals surface area contributed by atoms with Crippen LogP contribution >= 0.6 is 11.3 Å². The zero-order chi connectivity index (χ0) is 19.9. The van der Waals surface area contributed by atoms with Crippen molar-refractivity contribution in [2.75, 3.05) is 18.4 Å². The molecule has 1 unspecified atom stereocenters. The Hall–Kier alpha value is -2.56. The van der Waals surface area contributed by atoms with E-state index in [1.54, 1.807) is 23.6 Å². The number of anilines is 1. The molecule has 2 aromatic rings. The third-order valence-corrected chi connectivity index (χ3v) is 8.09. The lowest BCUT2D eigenvalue weighted by molar-refractivity contribution is -0.120. The Morgan fingerprint density at radius 3 is 2.71 bits per heavy atom. The Morgan fingerprint density at radius 1 is 1.18 bits per heavy atom. The van der Waals surface area contributed by atoms with Crippen molar-refractivity contribution in [1.82, 2.24) is 9.62 Å². The number of thiophene rings is 1. The summed E-state index contributed by atoms with van der Waals surface area (Å²) in [5.74, 6) is -1.76. The average Bonchev–Trinajstić information content (AvgIpc) is 3.31. The highest BCUT2D eigenvalue weighted by Gasteiger charge is 2.34. The third kappa shape index (κ3) is 3.34. The number of carbonyl (C=O) groups excluding carboxylic acids is 3. The Morgan fingerprint density at radius 2 is 1.96 bits per heavy atom. The second-order valence-corrected chi connectivity index (χ2v) is 9.78. The molecule has 0 spiro atoms. The van der Waals surface area contributed by atoms with Gasteiger partial charge in [-0.2, -0.15) is 4.31 Å². The molecule has 2 aliphatic heterocycles. The van der Waals surface area contributed by atoms with Crippen LogP contribution in [0.25, 0.3) is 0 Å². The quantitative estimate of drug-likeness (QED) is 0.732. The molecule has 28 heavy (non-hydrogen) atoms. The van der Waals surface area contributed by atoms with E-state index in [-0.39, 0.29) is 27.8 Å². The van der Waals surface area contributed by atoms with Crippen LogP contribution in [0, 0.1) is 5.92 Å². The maximum atomic E-state index is 12.7. The van der Waals surface area contributed by atoms with Gasteiger partial charge in [0.25, 0.3) is 21.8 Å². The van der Waals surface area contributed by atoms with Gasteiger partial charge in [-0.1, -0.05) is 6.07 Å². The van der Waals surface area contributed by atoms with Crippen LogP contribution in [0.15, 0.2) is 39.9 Å². The van der Waals surface area contributed by atoms with Crippen LogP contribution in [-0.4, -0.2) is 43.5 Å². The number of imide groups is 1. The number of carbonyl (C=O) groups is 3. The van der Waals surface area contributed by atoms with Gasteiger partial charge in [-0.3, -0.25) is 19.7 Å². The number of piperidine rings is 1. The first-order valence-corrected chi connectivity index (χ1v) is 11.0. The van der Waals surface area contributed by atoms with E-state index in [2.05, 4.69) is 10.6 Å². The molecule has 1 fully saturated rings. The summed E-state index contributed by atoms with van der Waals surface area (Å²) in [6.45, 7) is 0.487. The summed E-state index contributed by atoms with van der Waals surface area (Å²) in [4.78, 5) is 36.0. The Labute approximate surface area is 165 Å². The van der Waals surface area contributed by atoms with Crippen LogP contribution in [-0.2, 0) is 14.8 Å². The fourth-order valence-corrected chi connectivity index (χ4v) is 6.07. The molecule has 1 aromatic heterocycles. The predicted octanol–water partition coefficient (Wildman–Crippen LogP) is 1.67. The molecule has 8 nitrogen and oxygen atoms in total. The normalized spacial score (nSPS) is 19.9. The van der Waals surface area contributed by atoms with Gasteiger partial charge in [0.2, 0.25) is 5.91 Å². The highest BCUT2D eigenvalue weighted by atomic mass is 32.2. The first-order chi connectivity index (χ1) is 13.4. The highest BCUT2D eigenvalue weighted by Crippen LogP contribution is 2.27. The van der Waals surface area contributed by atoms with Crippen molar-refractivity contribution in [3.05, 3.63) is 46.8 Å². The number of nitrogens with zero attached hydrogens (tertiary/aromatic N) is 1. The van der Waals surface area contributed by atoms with Gasteiger partial charge in [0, 0.05) is 18.8 Å². The molecule has 1 saturated heterocycles. The fraction of sp³-hybridized carbons (Fsp3) is 0.278. The van der Waals surface area contributed by atoms with E-state index in [0.29, 0.717) is 25.1 Å². The Kier molecular flexibility index (Phi) is 4.77. The Balaban J connectivity index is 1.48. The summed E-state index contributed by atoms with van der Waals surface area (Å²) < 4.78 is 27.0. The molecule has 0 bridgehead atoms. The molecule has 146 valence electrons. The van der Waals surface area contributed by atoms with Crippen molar-refractivity contribution in [2.45, 2.75) is 17.1 Å². The first kappa shape index (κ1) is 18.8. The lowest BCUT2D eigenvalue weighted by atomic mass is 9.98. The minimum atomic E-state index is -3.60. The molecule has 3 heterocycles. The topological polar surface area (TPSA) is 113 Å². The van der Waals surface area contributed by atoms with Crippen molar-refractivity contribution in [1.29, 1.82) is 0 Å². The number of fused-ring (bicyclic) bond motifs is 1. The monoisotopic (exact) mass is 419 g/mol. The molecule has 4 rings (SSSR count). The summed E-state index contributed by atoms with van der Waals surface area (Å²) in [7, 11) is -3.60. The number of nitrogens with one attached hydrogen (secondary N) is 2. The predicted molar refractivity (Wildman–Crippen MR) is 103 cm³/mol. The molecule has 0 radical (unpaired) electrons. The SMILES string of the molecule is O=C1NC(=O)c2cc(NC(=O)C3CCCN(S(=O)(=O)c4cccs4)C3)ccc21. The number of sulfonamides is 1. The van der Waals surface area contributed by atoms with E-state index in [0.717, 1.165) is 11.3 Å². The van der Waals surface area contributed by atoms with Crippen molar-refractivity contribution in [3.63, 3.8) is 0 Å². The molecular weight excluding hydrogens is 402 g/mol. The molecule has 2 N–H and O–H groups in total. The second-order valence-electron chi connectivity index (χ2n) is 6.67. The zero-order valence-corrected chi connectivity index (χ0v) is 16.3. The lowest BCUT2D eigenvalue weighted by Crippen LogP contribution is -2.43. The maximum Gasteiger partial charge on any atom is 0.259 e. The molecule has 0 aliphatic carbocycles. The summed E-state index contributed by atoms with van der Waals surface area (Å²) in [6.07, 6.45) is 1.16. The van der Waals surface area contributed by atoms with E-state index < -0.39 is 27.8 Å². The van der Waals surface area contributed by atoms with Crippen LogP contribution in [0.4, 0.5) is 5.69 Å². The zero-order valence-electron chi connectivity index (χ0n) is 14.7. The van der Waals surface area contributed by atoms with Crippen molar-refractivity contribution >= 4 is 44.8 Å². The number of hydrogen-bond donors (Lipinski definition) is 2. The van der Waals surface area contributed by atoms with Gasteiger partial charge in [-0.05, 0) is 42.5 Å². The first-order valence-electron chi connectivity index (χ1n) is 8.70. The van der Waals surface area contributed by atoms with Crippen molar-refractivity contribution in [2.24, 2.45) is 5.92 Å². The largest absolute Gasteiger partial charge is 0.326 e. The Bertz CT molecular complexity index is 1060. The van der Waals surface area contributed by atoms with Crippen molar-refractivity contribution in [3.8, 4) is 0 Å². The van der Waals surface area contributed by atoms with Crippen LogP contribution in [0.5, 0.6) is 0 Å². The van der Waals surface area contributed by atoms with E-state index in [1.165, 1.54) is 16.4 Å². The van der Waals surface area contributed by atoms with E-state index >= 15 is 0 Å². The summed E-state index contributed by atoms with van der Waals surface area (Å²) in [5.41, 5.74) is 0.883. The smallest absolute Gasteiger partial charge is 0.259 e. The summed E-state index contributed by atoms with van der Waals surface area (Å²) >= 11 is 1.15. The average molecular weight is 419 g/mol. The summed E-state index contributed by atoms with van der Waals surface area (Å²) in [6, 6.07) is 7.73. The van der Waals surface area contributed by atoms with E-state index in [9.17, 15) is 22.8 Å². The second kappa shape index (κ2) is 7.12. The fourth-order valence-electron chi connectivity index (χ4n) is 3.40. The van der Waals surface area contributed by atoms with Crippen LogP contribution < -0.4 is 10.6 Å². The number of hydrogen-bond acceptors (Lipinski definition) is 6. The molecule has 10 heteroatoms. The van der Waals surface area contributed by atoms with Crippen LogP contribution in [0.2, 0.25) is 0 Å². The molecular formula is C18H17N3O5S2. The highest BCUT2D eigenvalue weighted by molar-refractivity contribution is 7.91. The van der Waals surface area contributed by atoms with Crippen LogP contribution in [0.3, 0.4) is 0 Å². The molecule has 0 saturated carbocycles. The number of benzene rings is 1. The summed E-state index contributed by atoms with van der Waals surface area (Å²) in [5, 5.41) is 6.64. The van der Waals surface area contributed by atoms with Gasteiger partial charge in [0.15, 0.2) is 0 Å². The minimum Gasteiger partial charge on any atom is -0.326 e. The third-order valence-electron chi connectivity index (χ3n) is 4.85. The maximum absolute atomic E-state index is 12.7. The van der Waals surface area contributed by atoms with Gasteiger partial charge in [-0.15, -0.1) is 11.3 Å². The molecule has 1 aromatic carbocycles. The van der Waals surface area contributed by atoms with Gasteiger partial charge in [0.1, 0.15) is 4.21 Å². The molecule has 1 atom stereocenters. The van der Waals surface area contributed by atoms with Gasteiger partial charge in [-0.25, -0.2) is 8.42 Å². The molecule has 3 amide bonds. The minimum absolute atomic E-state index is 0.107. The van der Waals surface area contributed by atoms with Gasteiger partial charge in [0.05, 0.1) is 17.0 Å². The van der Waals surface area contributed by atoms with Crippen LogP contribution in [0.1, 0.15) is 33.6 Å². The van der Waals surface area contributed by atoms with E-state index in [4.69, 9.17) is 0 Å². The van der Waals surface area contributed by atoms with Gasteiger partial charge < -0.3 is 5.32 Å². The van der Waals surface area contributed by atoms with Crippen molar-refractivity contribution < 1.29 is 22.8 Å². The number of amides is 3. The van der Waals surface area contributed by atoms with Gasteiger partial charge >= 0.3 is 0 Å².